The molecule has 3 rings (SSSR count). The number of ether oxygens (including phenoxy) is 1. The quantitative estimate of drug-likeness (QED) is 0.606. The van der Waals surface area contributed by atoms with Gasteiger partial charge in [-0.1, -0.05) is 36.4 Å². The van der Waals surface area contributed by atoms with Gasteiger partial charge in [-0.05, 0) is 22.2 Å². The minimum Gasteiger partial charge on any atom is -0.465 e. The van der Waals surface area contributed by atoms with Gasteiger partial charge in [0.1, 0.15) is 4.88 Å². The van der Waals surface area contributed by atoms with Crippen LogP contribution in [0.2, 0.25) is 0 Å². The van der Waals surface area contributed by atoms with Gasteiger partial charge < -0.3 is 4.74 Å². The summed E-state index contributed by atoms with van der Waals surface area (Å²) in [5.41, 5.74) is 0. The molecule has 0 N–H and O–H groups in total. The molecular formula is C14H10O2S. The molecule has 17 heavy (non-hydrogen) atoms. The molecule has 0 saturated heterocycles. The Morgan fingerprint density at radius 3 is 2.71 bits per heavy atom. The summed E-state index contributed by atoms with van der Waals surface area (Å²) >= 11 is 1.48. The lowest BCUT2D eigenvalue weighted by molar-refractivity contribution is 0.0606. The lowest BCUT2D eigenvalue weighted by Crippen LogP contribution is -1.96. The molecule has 0 aliphatic heterocycles. The van der Waals surface area contributed by atoms with Gasteiger partial charge in [0, 0.05) is 4.70 Å². The average molecular weight is 242 g/mol. The van der Waals surface area contributed by atoms with Gasteiger partial charge in [0.15, 0.2) is 0 Å². The van der Waals surface area contributed by atoms with E-state index in [9.17, 15) is 4.79 Å². The van der Waals surface area contributed by atoms with Gasteiger partial charge in [-0.25, -0.2) is 4.79 Å². The van der Waals surface area contributed by atoms with Crippen molar-refractivity contribution in [2.24, 2.45) is 0 Å². The second-order valence-electron chi connectivity index (χ2n) is 3.81. The SMILES string of the molecule is COC(=O)c1cc2ccc3ccccc3c2s1. The van der Waals surface area contributed by atoms with E-state index in [0.717, 1.165) is 10.1 Å². The first-order valence-electron chi connectivity index (χ1n) is 5.29. The Morgan fingerprint density at radius 2 is 1.88 bits per heavy atom. The maximum atomic E-state index is 11.5. The van der Waals surface area contributed by atoms with Crippen LogP contribution < -0.4 is 0 Å². The first kappa shape index (κ1) is 10.3. The number of fused-ring (bicyclic) bond motifs is 3. The topological polar surface area (TPSA) is 26.3 Å². The van der Waals surface area contributed by atoms with Crippen molar-refractivity contribution in [1.82, 2.24) is 0 Å². The number of carbonyl (C=O) groups is 1. The molecule has 3 aromatic rings. The number of hydrogen-bond donors (Lipinski definition) is 0. The molecule has 1 heterocycles. The molecule has 0 atom stereocenters. The second-order valence-corrected chi connectivity index (χ2v) is 4.86. The predicted molar refractivity (Wildman–Crippen MR) is 70.7 cm³/mol. The molecule has 0 fully saturated rings. The lowest BCUT2D eigenvalue weighted by Gasteiger charge is -1.97. The molecule has 0 aliphatic rings. The van der Waals surface area contributed by atoms with Crippen molar-refractivity contribution in [3.63, 3.8) is 0 Å². The summed E-state index contributed by atoms with van der Waals surface area (Å²) in [6, 6.07) is 14.2. The summed E-state index contributed by atoms with van der Waals surface area (Å²) in [7, 11) is 1.41. The Kier molecular flexibility index (Phi) is 2.34. The fourth-order valence-electron chi connectivity index (χ4n) is 1.97. The largest absolute Gasteiger partial charge is 0.465 e. The molecule has 3 heteroatoms. The Balaban J connectivity index is 2.35. The number of hydrogen-bond acceptors (Lipinski definition) is 3. The van der Waals surface area contributed by atoms with E-state index in [4.69, 9.17) is 4.74 Å². The number of thiophene rings is 1. The summed E-state index contributed by atoms with van der Waals surface area (Å²) in [6.45, 7) is 0. The summed E-state index contributed by atoms with van der Waals surface area (Å²) in [5.74, 6) is -0.268. The van der Waals surface area contributed by atoms with Crippen LogP contribution in [0.25, 0.3) is 20.9 Å². The molecule has 84 valence electrons. The molecular weight excluding hydrogens is 232 g/mol. The van der Waals surface area contributed by atoms with E-state index in [1.165, 1.54) is 29.2 Å². The lowest BCUT2D eigenvalue weighted by atomic mass is 10.1. The highest BCUT2D eigenvalue weighted by atomic mass is 32.1. The van der Waals surface area contributed by atoms with Crippen LogP contribution in [0.4, 0.5) is 0 Å². The van der Waals surface area contributed by atoms with Gasteiger partial charge in [-0.3, -0.25) is 0 Å². The average Bonchev–Trinajstić information content (AvgIpc) is 2.82. The number of benzene rings is 2. The van der Waals surface area contributed by atoms with Crippen LogP contribution in [-0.4, -0.2) is 13.1 Å². The molecule has 2 nitrogen and oxygen atoms in total. The van der Waals surface area contributed by atoms with E-state index in [1.807, 2.05) is 24.3 Å². The molecule has 0 spiro atoms. The molecule has 0 radical (unpaired) electrons. The van der Waals surface area contributed by atoms with Crippen LogP contribution in [-0.2, 0) is 4.74 Å². The molecule has 0 unspecified atom stereocenters. The number of carbonyl (C=O) groups excluding carboxylic acids is 1. The minimum atomic E-state index is -0.268. The van der Waals surface area contributed by atoms with Gasteiger partial charge in [-0.2, -0.15) is 0 Å². The zero-order valence-corrected chi connectivity index (χ0v) is 10.1. The molecule has 0 amide bonds. The third-order valence-corrected chi connectivity index (χ3v) is 3.96. The minimum absolute atomic E-state index is 0.268. The van der Waals surface area contributed by atoms with E-state index in [0.29, 0.717) is 4.88 Å². The first-order valence-corrected chi connectivity index (χ1v) is 6.11. The van der Waals surface area contributed by atoms with Gasteiger partial charge >= 0.3 is 5.97 Å². The number of esters is 1. The smallest absolute Gasteiger partial charge is 0.348 e. The zero-order chi connectivity index (χ0) is 11.8. The fourth-order valence-corrected chi connectivity index (χ4v) is 3.08. The van der Waals surface area contributed by atoms with E-state index in [1.54, 1.807) is 0 Å². The summed E-state index contributed by atoms with van der Waals surface area (Å²) in [5, 5.41) is 3.47. The monoisotopic (exact) mass is 242 g/mol. The van der Waals surface area contributed by atoms with Crippen molar-refractivity contribution >= 4 is 38.2 Å². The fraction of sp³-hybridized carbons (Fsp3) is 0.0714. The van der Waals surface area contributed by atoms with Gasteiger partial charge in [0.2, 0.25) is 0 Å². The molecule has 0 aliphatic carbocycles. The Labute approximate surface area is 102 Å². The van der Waals surface area contributed by atoms with Gasteiger partial charge in [0.05, 0.1) is 7.11 Å². The predicted octanol–water partition coefficient (Wildman–Crippen LogP) is 3.84. The summed E-state index contributed by atoms with van der Waals surface area (Å²) in [6.07, 6.45) is 0. The van der Waals surface area contributed by atoms with Gasteiger partial charge in [0.25, 0.3) is 0 Å². The molecule has 0 bridgehead atoms. The van der Waals surface area contributed by atoms with Crippen LogP contribution in [0.5, 0.6) is 0 Å². The van der Waals surface area contributed by atoms with Crippen molar-refractivity contribution in [1.29, 1.82) is 0 Å². The maximum Gasteiger partial charge on any atom is 0.348 e. The Morgan fingerprint density at radius 1 is 1.12 bits per heavy atom. The molecule has 1 aromatic heterocycles. The van der Waals surface area contributed by atoms with E-state index >= 15 is 0 Å². The number of rotatable bonds is 1. The van der Waals surface area contributed by atoms with Crippen LogP contribution >= 0.6 is 11.3 Å². The van der Waals surface area contributed by atoms with E-state index in [2.05, 4.69) is 18.2 Å². The Bertz CT molecular complexity index is 712. The highest BCUT2D eigenvalue weighted by molar-refractivity contribution is 7.21. The second kappa shape index (κ2) is 3.86. The van der Waals surface area contributed by atoms with Crippen LogP contribution in [0.3, 0.4) is 0 Å². The van der Waals surface area contributed by atoms with Crippen molar-refractivity contribution in [2.45, 2.75) is 0 Å². The highest BCUT2D eigenvalue weighted by Crippen LogP contribution is 2.32. The maximum absolute atomic E-state index is 11.5. The van der Waals surface area contributed by atoms with Crippen molar-refractivity contribution in [3.05, 3.63) is 47.3 Å². The molecule has 0 saturated carbocycles. The van der Waals surface area contributed by atoms with E-state index < -0.39 is 0 Å². The third-order valence-electron chi connectivity index (χ3n) is 2.80. The Hall–Kier alpha value is -1.87. The highest BCUT2D eigenvalue weighted by Gasteiger charge is 2.11. The summed E-state index contributed by atoms with van der Waals surface area (Å²) in [4.78, 5) is 12.2. The summed E-state index contributed by atoms with van der Waals surface area (Å²) < 4.78 is 5.89. The number of methoxy groups -OCH3 is 1. The van der Waals surface area contributed by atoms with Crippen molar-refractivity contribution in [2.75, 3.05) is 7.11 Å². The van der Waals surface area contributed by atoms with E-state index in [-0.39, 0.29) is 5.97 Å². The van der Waals surface area contributed by atoms with Gasteiger partial charge in [-0.15, -0.1) is 11.3 Å². The van der Waals surface area contributed by atoms with Crippen LogP contribution in [0.15, 0.2) is 42.5 Å². The normalized spacial score (nSPS) is 10.9. The first-order chi connectivity index (χ1) is 8.29. The standard InChI is InChI=1S/C14H10O2S/c1-16-14(15)12-8-10-7-6-9-4-2-3-5-11(9)13(10)17-12/h2-8H,1H3. The third kappa shape index (κ3) is 1.59. The van der Waals surface area contributed by atoms with Crippen LogP contribution in [0, 0.1) is 0 Å². The van der Waals surface area contributed by atoms with Crippen molar-refractivity contribution < 1.29 is 9.53 Å². The zero-order valence-electron chi connectivity index (χ0n) is 9.27. The van der Waals surface area contributed by atoms with Crippen molar-refractivity contribution in [3.8, 4) is 0 Å². The molecule has 2 aromatic carbocycles. The van der Waals surface area contributed by atoms with Crippen LogP contribution in [0.1, 0.15) is 9.67 Å².